The third-order valence-corrected chi connectivity index (χ3v) is 3.04. The van der Waals surface area contributed by atoms with Crippen molar-refractivity contribution in [2.24, 2.45) is 0 Å². The van der Waals surface area contributed by atoms with E-state index in [0.29, 0.717) is 6.04 Å². The average Bonchev–Trinajstić information content (AvgIpc) is 2.35. The van der Waals surface area contributed by atoms with Crippen LogP contribution >= 0.6 is 0 Å². The lowest BCUT2D eigenvalue weighted by molar-refractivity contribution is 0.473. The molecular weight excluding hydrogens is 213 g/mol. The molecule has 1 aromatic carbocycles. The number of nitrogens with one attached hydrogen (secondary N) is 1. The van der Waals surface area contributed by atoms with Crippen molar-refractivity contribution in [3.63, 3.8) is 0 Å². The minimum absolute atomic E-state index is 0.156. The zero-order chi connectivity index (χ0) is 12.5. The first-order valence-electron chi connectivity index (χ1n) is 6.76. The van der Waals surface area contributed by atoms with Gasteiger partial charge in [0.15, 0.2) is 0 Å². The first kappa shape index (κ1) is 14.2. The molecule has 0 radical (unpaired) electrons. The standard InChI is InChI=1S/C15H24FN/c1-3-5-7-15(17-12-6-4-2)13-8-10-14(16)11-9-13/h8-11,15,17H,3-7,12H2,1-2H3. The molecule has 0 aliphatic carbocycles. The first-order valence-corrected chi connectivity index (χ1v) is 6.76. The fraction of sp³-hybridized carbons (Fsp3) is 0.600. The smallest absolute Gasteiger partial charge is 0.123 e. The summed E-state index contributed by atoms with van der Waals surface area (Å²) in [5, 5.41) is 3.57. The van der Waals surface area contributed by atoms with E-state index in [1.54, 1.807) is 12.1 Å². The molecule has 0 saturated heterocycles. The summed E-state index contributed by atoms with van der Waals surface area (Å²) < 4.78 is 12.9. The lowest BCUT2D eigenvalue weighted by Crippen LogP contribution is -2.22. The number of rotatable bonds is 8. The van der Waals surface area contributed by atoms with Crippen molar-refractivity contribution >= 4 is 0 Å². The highest BCUT2D eigenvalue weighted by molar-refractivity contribution is 5.19. The molecule has 2 heteroatoms. The van der Waals surface area contributed by atoms with Gasteiger partial charge in [0.25, 0.3) is 0 Å². The summed E-state index contributed by atoms with van der Waals surface area (Å²) >= 11 is 0. The summed E-state index contributed by atoms with van der Waals surface area (Å²) in [6, 6.07) is 7.27. The van der Waals surface area contributed by atoms with E-state index in [-0.39, 0.29) is 5.82 Å². The van der Waals surface area contributed by atoms with Crippen molar-refractivity contribution in [2.75, 3.05) is 6.54 Å². The van der Waals surface area contributed by atoms with Crippen LogP contribution in [0.25, 0.3) is 0 Å². The minimum atomic E-state index is -0.156. The highest BCUT2D eigenvalue weighted by atomic mass is 19.1. The molecule has 0 spiro atoms. The fourth-order valence-electron chi connectivity index (χ4n) is 1.94. The first-order chi connectivity index (χ1) is 8.27. The van der Waals surface area contributed by atoms with E-state index in [1.807, 2.05) is 12.1 Å². The van der Waals surface area contributed by atoms with E-state index in [1.165, 1.54) is 31.2 Å². The maximum atomic E-state index is 12.9. The van der Waals surface area contributed by atoms with Gasteiger partial charge >= 0.3 is 0 Å². The molecule has 1 N–H and O–H groups in total. The topological polar surface area (TPSA) is 12.0 Å². The Balaban J connectivity index is 2.57. The highest BCUT2D eigenvalue weighted by Gasteiger charge is 2.09. The van der Waals surface area contributed by atoms with Crippen molar-refractivity contribution in [3.05, 3.63) is 35.6 Å². The molecular formula is C15H24FN. The normalized spacial score (nSPS) is 12.6. The number of hydrogen-bond acceptors (Lipinski definition) is 1. The maximum Gasteiger partial charge on any atom is 0.123 e. The van der Waals surface area contributed by atoms with Crippen LogP contribution in [-0.4, -0.2) is 6.54 Å². The van der Waals surface area contributed by atoms with Crippen LogP contribution < -0.4 is 5.32 Å². The third-order valence-electron chi connectivity index (χ3n) is 3.04. The van der Waals surface area contributed by atoms with E-state index in [9.17, 15) is 4.39 Å². The fourth-order valence-corrected chi connectivity index (χ4v) is 1.94. The molecule has 1 rings (SSSR count). The van der Waals surface area contributed by atoms with Crippen LogP contribution in [0, 0.1) is 5.82 Å². The van der Waals surface area contributed by atoms with Gasteiger partial charge in [-0.3, -0.25) is 0 Å². The van der Waals surface area contributed by atoms with Crippen molar-refractivity contribution in [1.82, 2.24) is 5.32 Å². The SMILES string of the molecule is CCCCNC(CCCC)c1ccc(F)cc1. The van der Waals surface area contributed by atoms with Gasteiger partial charge in [0.1, 0.15) is 5.82 Å². The quantitative estimate of drug-likeness (QED) is 0.659. The zero-order valence-electron chi connectivity index (χ0n) is 11.0. The molecule has 1 unspecified atom stereocenters. The average molecular weight is 237 g/mol. The van der Waals surface area contributed by atoms with Crippen LogP contribution in [0.15, 0.2) is 24.3 Å². The third kappa shape index (κ3) is 5.31. The Morgan fingerprint density at radius 3 is 2.29 bits per heavy atom. The van der Waals surface area contributed by atoms with Gasteiger partial charge < -0.3 is 5.32 Å². The zero-order valence-corrected chi connectivity index (χ0v) is 11.0. The minimum Gasteiger partial charge on any atom is -0.310 e. The van der Waals surface area contributed by atoms with Crippen molar-refractivity contribution in [3.8, 4) is 0 Å². The second-order valence-corrected chi connectivity index (χ2v) is 4.55. The lowest BCUT2D eigenvalue weighted by atomic mass is 10.0. The number of unbranched alkanes of at least 4 members (excludes halogenated alkanes) is 2. The van der Waals surface area contributed by atoms with Crippen LogP contribution in [0.2, 0.25) is 0 Å². The molecule has 0 aliphatic heterocycles. The van der Waals surface area contributed by atoms with Crippen molar-refractivity contribution in [2.45, 2.75) is 52.0 Å². The van der Waals surface area contributed by atoms with E-state index < -0.39 is 0 Å². The molecule has 1 atom stereocenters. The molecule has 1 nitrogen and oxygen atoms in total. The Labute approximate surface area is 104 Å². The molecule has 1 aromatic rings. The van der Waals surface area contributed by atoms with Gasteiger partial charge in [-0.15, -0.1) is 0 Å². The predicted octanol–water partition coefficient (Wildman–Crippen LogP) is 4.45. The summed E-state index contributed by atoms with van der Waals surface area (Å²) in [6.07, 6.45) is 5.95. The molecule has 0 fully saturated rings. The molecule has 0 aromatic heterocycles. The van der Waals surface area contributed by atoms with Crippen LogP contribution in [0.1, 0.15) is 57.6 Å². The van der Waals surface area contributed by atoms with Gasteiger partial charge in [-0.25, -0.2) is 4.39 Å². The van der Waals surface area contributed by atoms with E-state index in [4.69, 9.17) is 0 Å². The van der Waals surface area contributed by atoms with E-state index >= 15 is 0 Å². The summed E-state index contributed by atoms with van der Waals surface area (Å²) in [7, 11) is 0. The van der Waals surface area contributed by atoms with Gasteiger partial charge in [0, 0.05) is 6.04 Å². The van der Waals surface area contributed by atoms with Gasteiger partial charge in [-0.2, -0.15) is 0 Å². The van der Waals surface area contributed by atoms with Gasteiger partial charge in [-0.05, 0) is 37.1 Å². The molecule has 0 aliphatic rings. The van der Waals surface area contributed by atoms with Crippen LogP contribution in [-0.2, 0) is 0 Å². The van der Waals surface area contributed by atoms with Gasteiger partial charge in [-0.1, -0.05) is 45.2 Å². The Hall–Kier alpha value is -0.890. The molecule has 96 valence electrons. The molecule has 0 amide bonds. The Kier molecular flexibility index (Phi) is 6.87. The molecule has 17 heavy (non-hydrogen) atoms. The molecule has 0 saturated carbocycles. The monoisotopic (exact) mass is 237 g/mol. The van der Waals surface area contributed by atoms with Crippen molar-refractivity contribution in [1.29, 1.82) is 0 Å². The summed E-state index contributed by atoms with van der Waals surface area (Å²) in [5.74, 6) is -0.156. The second kappa shape index (κ2) is 8.24. The van der Waals surface area contributed by atoms with E-state index in [2.05, 4.69) is 19.2 Å². The van der Waals surface area contributed by atoms with Crippen molar-refractivity contribution < 1.29 is 4.39 Å². The maximum absolute atomic E-state index is 12.9. The number of halogens is 1. The summed E-state index contributed by atoms with van der Waals surface area (Å²) in [4.78, 5) is 0. The summed E-state index contributed by atoms with van der Waals surface area (Å²) in [6.45, 7) is 5.44. The Bertz CT molecular complexity index is 294. The van der Waals surface area contributed by atoms with E-state index in [0.717, 1.165) is 13.0 Å². The summed E-state index contributed by atoms with van der Waals surface area (Å²) in [5.41, 5.74) is 1.20. The van der Waals surface area contributed by atoms with Crippen LogP contribution in [0.5, 0.6) is 0 Å². The Morgan fingerprint density at radius 2 is 1.71 bits per heavy atom. The predicted molar refractivity (Wildman–Crippen MR) is 71.6 cm³/mol. The number of hydrogen-bond donors (Lipinski definition) is 1. The van der Waals surface area contributed by atoms with Crippen LogP contribution in [0.4, 0.5) is 4.39 Å². The van der Waals surface area contributed by atoms with Gasteiger partial charge in [0.05, 0.1) is 0 Å². The highest BCUT2D eigenvalue weighted by Crippen LogP contribution is 2.19. The molecule has 0 bridgehead atoms. The van der Waals surface area contributed by atoms with Crippen LogP contribution in [0.3, 0.4) is 0 Å². The number of benzene rings is 1. The molecule has 0 heterocycles. The van der Waals surface area contributed by atoms with Gasteiger partial charge in [0.2, 0.25) is 0 Å². The largest absolute Gasteiger partial charge is 0.310 e. The second-order valence-electron chi connectivity index (χ2n) is 4.55. The lowest BCUT2D eigenvalue weighted by Gasteiger charge is -2.19. The Morgan fingerprint density at radius 1 is 1.06 bits per heavy atom.